The lowest BCUT2D eigenvalue weighted by atomic mass is 10.0. The van der Waals surface area contributed by atoms with E-state index in [1.54, 1.807) is 11.8 Å². The molecule has 0 bridgehead atoms. The summed E-state index contributed by atoms with van der Waals surface area (Å²) in [4.78, 5) is 25.6. The zero-order valence-electron chi connectivity index (χ0n) is 11.3. The molecule has 4 nitrogen and oxygen atoms in total. The van der Waals surface area contributed by atoms with Crippen LogP contribution in [-0.4, -0.2) is 35.3 Å². The minimum Gasteiger partial charge on any atom is -0.343 e. The standard InChI is InChI=1S/C13H24N2O2/c1-5-11-12(16)14-10(4)13(17)15(11)8-6-7-9(2)3/h9-11H,5-8H2,1-4H3,(H,14,16). The topological polar surface area (TPSA) is 49.4 Å². The van der Waals surface area contributed by atoms with E-state index in [1.807, 2.05) is 6.92 Å². The Balaban J connectivity index is 2.62. The van der Waals surface area contributed by atoms with E-state index in [2.05, 4.69) is 19.2 Å². The first-order valence-corrected chi connectivity index (χ1v) is 6.58. The largest absolute Gasteiger partial charge is 0.343 e. The highest BCUT2D eigenvalue weighted by atomic mass is 16.2. The van der Waals surface area contributed by atoms with Crippen LogP contribution in [0.5, 0.6) is 0 Å². The Labute approximate surface area is 104 Å². The van der Waals surface area contributed by atoms with Crippen molar-refractivity contribution in [3.8, 4) is 0 Å². The average Bonchev–Trinajstić information content (AvgIpc) is 2.24. The van der Waals surface area contributed by atoms with E-state index in [9.17, 15) is 9.59 Å². The van der Waals surface area contributed by atoms with Gasteiger partial charge >= 0.3 is 0 Å². The Morgan fingerprint density at radius 2 is 2.00 bits per heavy atom. The van der Waals surface area contributed by atoms with Crippen molar-refractivity contribution in [2.45, 2.75) is 59.0 Å². The second-order valence-corrected chi connectivity index (χ2v) is 5.22. The van der Waals surface area contributed by atoms with Crippen LogP contribution in [-0.2, 0) is 9.59 Å². The molecule has 0 aromatic heterocycles. The van der Waals surface area contributed by atoms with Gasteiger partial charge in [-0.1, -0.05) is 20.8 Å². The van der Waals surface area contributed by atoms with Crippen LogP contribution < -0.4 is 5.32 Å². The van der Waals surface area contributed by atoms with Gasteiger partial charge in [-0.05, 0) is 32.1 Å². The molecular formula is C13H24N2O2. The maximum Gasteiger partial charge on any atom is 0.245 e. The zero-order valence-corrected chi connectivity index (χ0v) is 11.3. The van der Waals surface area contributed by atoms with Crippen molar-refractivity contribution in [1.29, 1.82) is 0 Å². The van der Waals surface area contributed by atoms with Gasteiger partial charge in [0.1, 0.15) is 12.1 Å². The number of amides is 2. The van der Waals surface area contributed by atoms with Crippen LogP contribution in [0, 0.1) is 5.92 Å². The molecule has 0 saturated carbocycles. The summed E-state index contributed by atoms with van der Waals surface area (Å²) in [5.74, 6) is 0.686. The van der Waals surface area contributed by atoms with Gasteiger partial charge in [0.15, 0.2) is 0 Å². The monoisotopic (exact) mass is 240 g/mol. The minimum atomic E-state index is -0.371. The third-order valence-corrected chi connectivity index (χ3v) is 3.26. The predicted octanol–water partition coefficient (Wildman–Crippen LogP) is 1.55. The molecular weight excluding hydrogens is 216 g/mol. The first kappa shape index (κ1) is 14.0. The fourth-order valence-corrected chi connectivity index (χ4v) is 2.26. The number of hydrogen-bond donors (Lipinski definition) is 1. The van der Waals surface area contributed by atoms with Gasteiger partial charge in [-0.3, -0.25) is 9.59 Å². The van der Waals surface area contributed by atoms with Gasteiger partial charge in [0, 0.05) is 6.54 Å². The molecule has 1 N–H and O–H groups in total. The maximum absolute atomic E-state index is 12.0. The van der Waals surface area contributed by atoms with Gasteiger partial charge in [0.2, 0.25) is 11.8 Å². The summed E-state index contributed by atoms with van der Waals surface area (Å²) in [6.45, 7) is 8.74. The first-order valence-electron chi connectivity index (χ1n) is 6.58. The summed E-state index contributed by atoms with van der Waals surface area (Å²) in [5.41, 5.74) is 0. The molecule has 0 aliphatic carbocycles. The molecule has 0 aromatic rings. The van der Waals surface area contributed by atoms with Crippen LogP contribution in [0.25, 0.3) is 0 Å². The zero-order chi connectivity index (χ0) is 13.0. The van der Waals surface area contributed by atoms with Gasteiger partial charge in [-0.25, -0.2) is 0 Å². The van der Waals surface area contributed by atoms with E-state index in [0.717, 1.165) is 12.8 Å². The summed E-state index contributed by atoms with van der Waals surface area (Å²) in [5, 5.41) is 2.73. The molecule has 1 aliphatic heterocycles. The van der Waals surface area contributed by atoms with Crippen LogP contribution in [0.1, 0.15) is 47.0 Å². The molecule has 1 aliphatic rings. The number of nitrogens with zero attached hydrogens (tertiary/aromatic N) is 1. The lowest BCUT2D eigenvalue weighted by molar-refractivity contribution is -0.149. The van der Waals surface area contributed by atoms with Crippen molar-refractivity contribution in [2.24, 2.45) is 5.92 Å². The van der Waals surface area contributed by atoms with Crippen LogP contribution in [0.4, 0.5) is 0 Å². The molecule has 0 radical (unpaired) electrons. The Bertz CT molecular complexity index is 289. The van der Waals surface area contributed by atoms with Gasteiger partial charge < -0.3 is 10.2 Å². The number of carbonyl (C=O) groups is 2. The van der Waals surface area contributed by atoms with E-state index in [0.29, 0.717) is 18.9 Å². The van der Waals surface area contributed by atoms with E-state index < -0.39 is 0 Å². The van der Waals surface area contributed by atoms with Crippen LogP contribution in [0.2, 0.25) is 0 Å². The van der Waals surface area contributed by atoms with Gasteiger partial charge in [-0.2, -0.15) is 0 Å². The number of rotatable bonds is 5. The maximum atomic E-state index is 12.0. The molecule has 4 heteroatoms. The third-order valence-electron chi connectivity index (χ3n) is 3.26. The van der Waals surface area contributed by atoms with E-state index in [4.69, 9.17) is 0 Å². The van der Waals surface area contributed by atoms with Crippen LogP contribution >= 0.6 is 0 Å². The Morgan fingerprint density at radius 3 is 2.53 bits per heavy atom. The number of nitrogens with one attached hydrogen (secondary N) is 1. The molecule has 17 heavy (non-hydrogen) atoms. The molecule has 2 amide bonds. The summed E-state index contributed by atoms with van der Waals surface area (Å²) >= 11 is 0. The van der Waals surface area contributed by atoms with Crippen LogP contribution in [0.15, 0.2) is 0 Å². The van der Waals surface area contributed by atoms with Crippen molar-refractivity contribution < 1.29 is 9.59 Å². The highest BCUT2D eigenvalue weighted by molar-refractivity contribution is 5.96. The van der Waals surface area contributed by atoms with Crippen molar-refractivity contribution in [3.63, 3.8) is 0 Å². The summed E-state index contributed by atoms with van der Waals surface area (Å²) in [6.07, 6.45) is 2.75. The molecule has 2 unspecified atom stereocenters. The number of carbonyl (C=O) groups excluding carboxylic acids is 2. The van der Waals surface area contributed by atoms with Crippen molar-refractivity contribution >= 4 is 11.8 Å². The van der Waals surface area contributed by atoms with E-state index in [-0.39, 0.29) is 23.9 Å². The van der Waals surface area contributed by atoms with Gasteiger partial charge in [-0.15, -0.1) is 0 Å². The predicted molar refractivity (Wildman–Crippen MR) is 67.5 cm³/mol. The molecule has 0 aromatic carbocycles. The molecule has 1 rings (SSSR count). The molecule has 1 fully saturated rings. The molecule has 1 saturated heterocycles. The van der Waals surface area contributed by atoms with Gasteiger partial charge in [0.05, 0.1) is 0 Å². The summed E-state index contributed by atoms with van der Waals surface area (Å²) in [6, 6.07) is -0.643. The summed E-state index contributed by atoms with van der Waals surface area (Å²) in [7, 11) is 0. The Kier molecular flexibility index (Phi) is 4.97. The van der Waals surface area contributed by atoms with E-state index >= 15 is 0 Å². The minimum absolute atomic E-state index is 0.0100. The highest BCUT2D eigenvalue weighted by Gasteiger charge is 2.36. The highest BCUT2D eigenvalue weighted by Crippen LogP contribution is 2.15. The Morgan fingerprint density at radius 1 is 1.35 bits per heavy atom. The summed E-state index contributed by atoms with van der Waals surface area (Å²) < 4.78 is 0. The normalized spacial score (nSPS) is 25.4. The Hall–Kier alpha value is -1.06. The van der Waals surface area contributed by atoms with E-state index in [1.165, 1.54) is 0 Å². The fourth-order valence-electron chi connectivity index (χ4n) is 2.26. The second-order valence-electron chi connectivity index (χ2n) is 5.22. The quantitative estimate of drug-likeness (QED) is 0.792. The first-order chi connectivity index (χ1) is 7.97. The second kappa shape index (κ2) is 6.03. The number of piperazine rings is 1. The van der Waals surface area contributed by atoms with Crippen LogP contribution in [0.3, 0.4) is 0 Å². The third kappa shape index (κ3) is 3.45. The molecule has 98 valence electrons. The smallest absolute Gasteiger partial charge is 0.245 e. The SMILES string of the molecule is CCC1C(=O)NC(C)C(=O)N1CCCC(C)C. The molecule has 1 heterocycles. The fraction of sp³-hybridized carbons (Fsp3) is 0.846. The van der Waals surface area contributed by atoms with Crippen molar-refractivity contribution in [3.05, 3.63) is 0 Å². The lowest BCUT2D eigenvalue weighted by Crippen LogP contribution is -2.62. The van der Waals surface area contributed by atoms with Crippen molar-refractivity contribution in [2.75, 3.05) is 6.54 Å². The lowest BCUT2D eigenvalue weighted by Gasteiger charge is -2.37. The number of hydrogen-bond acceptors (Lipinski definition) is 2. The molecule has 2 atom stereocenters. The molecule has 0 spiro atoms. The average molecular weight is 240 g/mol. The van der Waals surface area contributed by atoms with Crippen molar-refractivity contribution in [1.82, 2.24) is 10.2 Å². The van der Waals surface area contributed by atoms with Gasteiger partial charge in [0.25, 0.3) is 0 Å².